The predicted molar refractivity (Wildman–Crippen MR) is 263 cm³/mol. The van der Waals surface area contributed by atoms with Crippen molar-refractivity contribution in [2.24, 2.45) is 0 Å². The molecule has 12 aromatic rings. The molecule has 0 unspecified atom stereocenters. The van der Waals surface area contributed by atoms with Crippen LogP contribution < -0.4 is 4.90 Å². The topological polar surface area (TPSA) is 16.4 Å². The van der Waals surface area contributed by atoms with E-state index in [4.69, 9.17) is 4.42 Å². The van der Waals surface area contributed by atoms with E-state index in [9.17, 15) is 0 Å². The fourth-order valence-electron chi connectivity index (χ4n) is 9.54. The van der Waals surface area contributed by atoms with Crippen molar-refractivity contribution in [3.63, 3.8) is 0 Å². The first kappa shape index (κ1) is 35.7. The Hall–Kier alpha value is -8.20. The van der Waals surface area contributed by atoms with Gasteiger partial charge in [0.15, 0.2) is 0 Å². The summed E-state index contributed by atoms with van der Waals surface area (Å²) >= 11 is 0. The van der Waals surface area contributed by atoms with Gasteiger partial charge in [0.1, 0.15) is 11.2 Å². The second-order valence-corrected chi connectivity index (χ2v) is 16.0. The Labute approximate surface area is 360 Å². The molecule has 2 heteroatoms. The van der Waals surface area contributed by atoms with E-state index in [0.29, 0.717) is 0 Å². The van der Waals surface area contributed by atoms with Crippen molar-refractivity contribution in [1.82, 2.24) is 0 Å². The minimum Gasteiger partial charge on any atom is -0.456 e. The second-order valence-electron chi connectivity index (χ2n) is 16.0. The minimum atomic E-state index is 0.867. The van der Waals surface area contributed by atoms with Crippen LogP contribution in [0, 0.1) is 0 Å². The van der Waals surface area contributed by atoms with Gasteiger partial charge in [0.2, 0.25) is 0 Å². The van der Waals surface area contributed by atoms with E-state index in [1.165, 1.54) is 60.1 Å². The van der Waals surface area contributed by atoms with Gasteiger partial charge in [-0.05, 0) is 126 Å². The Kier molecular flexibility index (Phi) is 8.53. The third-order valence-corrected chi connectivity index (χ3v) is 12.5. The molecular weight excluding hydrogens is 751 g/mol. The molecule has 0 aliphatic heterocycles. The molecule has 0 spiro atoms. The van der Waals surface area contributed by atoms with Gasteiger partial charge < -0.3 is 9.32 Å². The van der Waals surface area contributed by atoms with Crippen molar-refractivity contribution < 1.29 is 4.42 Å². The van der Waals surface area contributed by atoms with Crippen molar-refractivity contribution in [2.75, 3.05) is 4.90 Å². The summed E-state index contributed by atoms with van der Waals surface area (Å²) in [5.74, 6) is 0. The summed E-state index contributed by atoms with van der Waals surface area (Å²) in [5, 5.41) is 9.62. The minimum absolute atomic E-state index is 0.867. The zero-order valence-electron chi connectivity index (χ0n) is 33.9. The third-order valence-electron chi connectivity index (χ3n) is 12.5. The molecule has 0 fully saturated rings. The highest BCUT2D eigenvalue weighted by atomic mass is 16.3. The number of para-hydroxylation sites is 1. The number of rotatable bonds is 7. The van der Waals surface area contributed by atoms with Gasteiger partial charge in [-0.15, -0.1) is 0 Å². The largest absolute Gasteiger partial charge is 0.456 e. The van der Waals surface area contributed by atoms with Crippen LogP contribution in [0.25, 0.3) is 98.8 Å². The van der Waals surface area contributed by atoms with E-state index in [1.54, 1.807) is 0 Å². The lowest BCUT2D eigenvalue weighted by molar-refractivity contribution is 0.669. The average Bonchev–Trinajstić information content (AvgIpc) is 3.72. The summed E-state index contributed by atoms with van der Waals surface area (Å²) in [6, 6.07) is 85.6. The number of fused-ring (bicyclic) bond motifs is 7. The monoisotopic (exact) mass is 789 g/mol. The number of furan rings is 1. The Balaban J connectivity index is 1.12. The molecule has 0 bridgehead atoms. The number of nitrogens with zero attached hydrogens (tertiary/aromatic N) is 1. The van der Waals surface area contributed by atoms with Crippen LogP contribution in [0.2, 0.25) is 0 Å². The lowest BCUT2D eigenvalue weighted by atomic mass is 9.87. The van der Waals surface area contributed by atoms with Gasteiger partial charge >= 0.3 is 0 Å². The summed E-state index contributed by atoms with van der Waals surface area (Å²) in [7, 11) is 0. The first-order valence-corrected chi connectivity index (χ1v) is 21.2. The normalized spacial score (nSPS) is 11.5. The number of benzene rings is 11. The second kappa shape index (κ2) is 14.8. The van der Waals surface area contributed by atoms with E-state index in [-0.39, 0.29) is 0 Å². The summed E-state index contributed by atoms with van der Waals surface area (Å²) in [5.41, 5.74) is 14.3. The number of hydrogen-bond acceptors (Lipinski definition) is 2. The SMILES string of the molecule is c1ccc(-c2ccc(N(c3ccc(-c4cccc5ccccc45)cc3)c3cccc(-c4cc5ccccc5c5ccccc45)c3-c3ccc4c(c3)oc3ccccc34)cc2)cc1. The van der Waals surface area contributed by atoms with Crippen LogP contribution in [-0.2, 0) is 0 Å². The van der Waals surface area contributed by atoms with Gasteiger partial charge in [-0.2, -0.15) is 0 Å². The lowest BCUT2D eigenvalue weighted by Crippen LogP contribution is -2.12. The van der Waals surface area contributed by atoms with Gasteiger partial charge in [-0.1, -0.05) is 182 Å². The van der Waals surface area contributed by atoms with E-state index >= 15 is 0 Å². The van der Waals surface area contributed by atoms with Crippen LogP contribution in [0.4, 0.5) is 17.1 Å². The predicted octanol–water partition coefficient (Wildman–Crippen LogP) is 17.2. The number of hydrogen-bond donors (Lipinski definition) is 0. The molecule has 62 heavy (non-hydrogen) atoms. The Morgan fingerprint density at radius 1 is 0.274 bits per heavy atom. The van der Waals surface area contributed by atoms with Gasteiger partial charge in [0.05, 0.1) is 5.69 Å². The van der Waals surface area contributed by atoms with Crippen LogP contribution in [0.15, 0.2) is 241 Å². The Morgan fingerprint density at radius 3 is 1.61 bits per heavy atom. The molecule has 0 N–H and O–H groups in total. The van der Waals surface area contributed by atoms with E-state index in [1.807, 2.05) is 6.07 Å². The van der Waals surface area contributed by atoms with E-state index in [2.05, 4.69) is 235 Å². The fourth-order valence-corrected chi connectivity index (χ4v) is 9.54. The van der Waals surface area contributed by atoms with Crippen molar-refractivity contribution in [3.8, 4) is 44.5 Å². The molecule has 0 saturated carbocycles. The van der Waals surface area contributed by atoms with Crippen LogP contribution in [0.3, 0.4) is 0 Å². The van der Waals surface area contributed by atoms with Crippen LogP contribution in [0.1, 0.15) is 0 Å². The molecular formula is C60H39NO. The maximum absolute atomic E-state index is 6.59. The van der Waals surface area contributed by atoms with Crippen LogP contribution >= 0.6 is 0 Å². The molecule has 0 aliphatic carbocycles. The molecule has 0 radical (unpaired) electrons. The van der Waals surface area contributed by atoms with Crippen molar-refractivity contribution >= 4 is 71.3 Å². The first-order chi connectivity index (χ1) is 30.7. The molecule has 0 aliphatic rings. The van der Waals surface area contributed by atoms with Crippen molar-refractivity contribution in [2.45, 2.75) is 0 Å². The summed E-state index contributed by atoms with van der Waals surface area (Å²) in [4.78, 5) is 2.42. The highest BCUT2D eigenvalue weighted by molar-refractivity contribution is 6.16. The molecule has 0 atom stereocenters. The maximum Gasteiger partial charge on any atom is 0.136 e. The molecule has 1 heterocycles. The Morgan fingerprint density at radius 2 is 0.823 bits per heavy atom. The number of anilines is 3. The summed E-state index contributed by atoms with van der Waals surface area (Å²) < 4.78 is 6.59. The Bertz CT molecular complexity index is 3610. The molecule has 11 aromatic carbocycles. The molecule has 0 saturated heterocycles. The van der Waals surface area contributed by atoms with Gasteiger partial charge in [-0.25, -0.2) is 0 Å². The van der Waals surface area contributed by atoms with Gasteiger partial charge in [-0.3, -0.25) is 0 Å². The van der Waals surface area contributed by atoms with Crippen molar-refractivity contribution in [3.05, 3.63) is 237 Å². The molecule has 290 valence electrons. The third kappa shape index (κ3) is 6.04. The van der Waals surface area contributed by atoms with Crippen LogP contribution in [0.5, 0.6) is 0 Å². The molecule has 1 aromatic heterocycles. The highest BCUT2D eigenvalue weighted by Gasteiger charge is 2.23. The standard InChI is InChI=1S/C60H39NO/c1-2-14-40(15-3-1)41-28-33-46(34-29-41)61(47-35-30-43(31-36-47)49-24-12-18-42-16-4-6-19-48(42)49)57-26-13-25-55(56-38-44-17-5-7-20-50(44)51-21-8-9-22-52(51)56)60(57)45-32-37-54-53-23-10-11-27-58(53)62-59(54)39-45/h1-39H. The van der Waals surface area contributed by atoms with Gasteiger partial charge in [0.25, 0.3) is 0 Å². The fraction of sp³-hybridized carbons (Fsp3) is 0. The van der Waals surface area contributed by atoms with E-state index in [0.717, 1.165) is 55.7 Å². The zero-order valence-corrected chi connectivity index (χ0v) is 33.9. The quantitative estimate of drug-likeness (QED) is 0.150. The average molecular weight is 790 g/mol. The zero-order chi connectivity index (χ0) is 41.0. The summed E-state index contributed by atoms with van der Waals surface area (Å²) in [6.45, 7) is 0. The first-order valence-electron chi connectivity index (χ1n) is 21.2. The summed E-state index contributed by atoms with van der Waals surface area (Å²) in [6.07, 6.45) is 0. The molecule has 2 nitrogen and oxygen atoms in total. The van der Waals surface area contributed by atoms with Crippen molar-refractivity contribution in [1.29, 1.82) is 0 Å². The van der Waals surface area contributed by atoms with Gasteiger partial charge in [0, 0.05) is 27.7 Å². The maximum atomic E-state index is 6.59. The van der Waals surface area contributed by atoms with E-state index < -0.39 is 0 Å². The smallest absolute Gasteiger partial charge is 0.136 e. The van der Waals surface area contributed by atoms with Crippen LogP contribution in [-0.4, -0.2) is 0 Å². The molecule has 0 amide bonds. The highest BCUT2D eigenvalue weighted by Crippen LogP contribution is 2.49. The molecule has 12 rings (SSSR count). The lowest BCUT2D eigenvalue weighted by Gasteiger charge is -2.30.